The fraction of sp³-hybridized carbons (Fsp3) is 0.643. The van der Waals surface area contributed by atoms with E-state index in [-0.39, 0.29) is 17.9 Å². The van der Waals surface area contributed by atoms with Gasteiger partial charge in [0.25, 0.3) is 5.95 Å². The molecule has 0 amide bonds. The highest BCUT2D eigenvalue weighted by Gasteiger charge is 2.13. The zero-order valence-corrected chi connectivity index (χ0v) is 17.2. The van der Waals surface area contributed by atoms with E-state index in [1.54, 1.807) is 6.92 Å². The first-order chi connectivity index (χ1) is 13.0. The van der Waals surface area contributed by atoms with E-state index in [2.05, 4.69) is 30.5 Å². The molecule has 0 aliphatic heterocycles. The second-order valence-electron chi connectivity index (χ2n) is 4.77. The number of hydrogen-bond donors (Lipinski definition) is 3. The molecule has 13 heteroatoms. The molecule has 0 aromatic carbocycles. The van der Waals surface area contributed by atoms with Gasteiger partial charge in [-0.25, -0.2) is 5.48 Å². The van der Waals surface area contributed by atoms with Gasteiger partial charge in [0.1, 0.15) is 0 Å². The molecule has 0 spiro atoms. The zero-order valence-electron chi connectivity index (χ0n) is 16.3. The van der Waals surface area contributed by atoms with Crippen molar-refractivity contribution >= 4 is 35.6 Å². The quantitative estimate of drug-likeness (QED) is 0.217. The fourth-order valence-corrected chi connectivity index (χ4v) is 2.37. The van der Waals surface area contributed by atoms with Gasteiger partial charge in [0.15, 0.2) is 5.16 Å². The van der Waals surface area contributed by atoms with E-state index in [9.17, 15) is 0 Å². The molecule has 0 bridgehead atoms. The standard InChI is InChI=1S/C14H28N10O2S/c1-6-23(7-2)13-18-12(19-14(20-13)27-9-4)17-11(16)24(25-5)21-10(15)22-26-8-3/h6-9H2,1-5H3,(H3,15,21,22)(H2,16,17,18,19,20). The first-order valence-corrected chi connectivity index (χ1v) is 9.51. The number of rotatable bonds is 10. The Kier molecular flexibility index (Phi) is 10.1. The molecule has 12 nitrogen and oxygen atoms in total. The van der Waals surface area contributed by atoms with Crippen LogP contribution in [-0.4, -0.2) is 64.6 Å². The fourth-order valence-electron chi connectivity index (χ4n) is 1.82. The highest BCUT2D eigenvalue weighted by molar-refractivity contribution is 7.99. The number of nitrogens with two attached hydrogens (primary N) is 2. The lowest BCUT2D eigenvalue weighted by Crippen LogP contribution is -2.39. The summed E-state index contributed by atoms with van der Waals surface area (Å²) in [7, 11) is 1.37. The Balaban J connectivity index is 3.17. The maximum absolute atomic E-state index is 5.95. The smallest absolute Gasteiger partial charge is 0.258 e. The van der Waals surface area contributed by atoms with Gasteiger partial charge in [-0.05, 0) is 26.5 Å². The van der Waals surface area contributed by atoms with Crippen molar-refractivity contribution in [3.8, 4) is 0 Å². The first kappa shape index (κ1) is 22.7. The summed E-state index contributed by atoms with van der Waals surface area (Å²) in [4.78, 5) is 29.3. The molecule has 0 saturated carbocycles. The molecular formula is C14H28N10O2S. The van der Waals surface area contributed by atoms with Crippen molar-refractivity contribution in [1.29, 1.82) is 0 Å². The highest BCUT2D eigenvalue weighted by Crippen LogP contribution is 2.19. The van der Waals surface area contributed by atoms with Crippen LogP contribution in [0.1, 0.15) is 27.7 Å². The lowest BCUT2D eigenvalue weighted by Gasteiger charge is -2.19. The van der Waals surface area contributed by atoms with Crippen LogP contribution in [0.15, 0.2) is 15.3 Å². The van der Waals surface area contributed by atoms with Crippen LogP contribution >= 0.6 is 11.8 Å². The molecule has 1 rings (SSSR count). The van der Waals surface area contributed by atoms with Gasteiger partial charge >= 0.3 is 0 Å². The van der Waals surface area contributed by atoms with Crippen molar-refractivity contribution in [2.45, 2.75) is 32.9 Å². The maximum Gasteiger partial charge on any atom is 0.258 e. The molecule has 5 N–H and O–H groups in total. The predicted octanol–water partition coefficient (Wildman–Crippen LogP) is 0.410. The normalized spacial score (nSPS) is 12.2. The van der Waals surface area contributed by atoms with Crippen LogP contribution in [0.2, 0.25) is 0 Å². The van der Waals surface area contributed by atoms with Gasteiger partial charge in [-0.15, -0.1) is 5.10 Å². The van der Waals surface area contributed by atoms with E-state index in [1.165, 1.54) is 18.9 Å². The number of aromatic nitrogens is 3. The van der Waals surface area contributed by atoms with Gasteiger partial charge in [0.05, 0.1) is 13.7 Å². The van der Waals surface area contributed by atoms with Crippen molar-refractivity contribution < 1.29 is 9.68 Å². The van der Waals surface area contributed by atoms with Gasteiger partial charge in [-0.3, -0.25) is 9.68 Å². The molecule has 0 atom stereocenters. The van der Waals surface area contributed by atoms with Crippen molar-refractivity contribution in [2.75, 3.05) is 37.5 Å². The average molecular weight is 401 g/mol. The summed E-state index contributed by atoms with van der Waals surface area (Å²) >= 11 is 1.49. The molecule has 0 unspecified atom stereocenters. The SMILES string of the molecule is CCONC(N)=NN(OC)C(N)=Nc1nc(SCC)nc(N(CC)CC)n1. The Morgan fingerprint density at radius 2 is 1.85 bits per heavy atom. The van der Waals surface area contributed by atoms with E-state index in [1.807, 2.05) is 25.7 Å². The van der Waals surface area contributed by atoms with Gasteiger partial charge in [0.2, 0.25) is 17.9 Å². The molecule has 0 fully saturated rings. The van der Waals surface area contributed by atoms with Crippen LogP contribution < -0.4 is 21.8 Å². The topological polar surface area (TPSA) is 152 Å². The minimum atomic E-state index is -0.108. The lowest BCUT2D eigenvalue weighted by atomic mass is 10.5. The molecular weight excluding hydrogens is 372 g/mol. The number of guanidine groups is 2. The van der Waals surface area contributed by atoms with Gasteiger partial charge in [0, 0.05) is 13.1 Å². The van der Waals surface area contributed by atoms with Gasteiger partial charge in [-0.1, -0.05) is 23.9 Å². The molecule has 0 saturated heterocycles. The average Bonchev–Trinajstić information content (AvgIpc) is 2.65. The molecule has 0 aliphatic carbocycles. The number of anilines is 1. The third-order valence-electron chi connectivity index (χ3n) is 3.01. The lowest BCUT2D eigenvalue weighted by molar-refractivity contribution is -0.0661. The highest BCUT2D eigenvalue weighted by atomic mass is 32.2. The van der Waals surface area contributed by atoms with Crippen LogP contribution in [0, 0.1) is 0 Å². The zero-order chi connectivity index (χ0) is 20.2. The van der Waals surface area contributed by atoms with Crippen molar-refractivity contribution in [3.05, 3.63) is 0 Å². The molecule has 0 radical (unpaired) electrons. The summed E-state index contributed by atoms with van der Waals surface area (Å²) in [5.74, 6) is 1.33. The monoisotopic (exact) mass is 400 g/mol. The van der Waals surface area contributed by atoms with Crippen LogP contribution in [-0.2, 0) is 9.68 Å². The minimum absolute atomic E-state index is 0.0569. The van der Waals surface area contributed by atoms with Crippen molar-refractivity contribution in [3.63, 3.8) is 0 Å². The van der Waals surface area contributed by atoms with E-state index < -0.39 is 0 Å². The van der Waals surface area contributed by atoms with Gasteiger partial charge < -0.3 is 16.4 Å². The predicted molar refractivity (Wildman–Crippen MR) is 106 cm³/mol. The number of nitrogens with one attached hydrogen (secondary N) is 1. The number of hydrogen-bond acceptors (Lipinski definition) is 9. The Morgan fingerprint density at radius 3 is 2.41 bits per heavy atom. The van der Waals surface area contributed by atoms with Crippen LogP contribution in [0.5, 0.6) is 0 Å². The van der Waals surface area contributed by atoms with Crippen LogP contribution in [0.25, 0.3) is 0 Å². The number of hydroxylamine groups is 2. The Morgan fingerprint density at radius 1 is 1.15 bits per heavy atom. The summed E-state index contributed by atoms with van der Waals surface area (Å²) in [5, 5.41) is 5.39. The number of thioether (sulfide) groups is 1. The summed E-state index contributed by atoms with van der Waals surface area (Å²) in [6, 6.07) is 0. The number of nitrogens with zero attached hydrogens (tertiary/aromatic N) is 7. The Bertz CT molecular complexity index is 638. The number of hydrazone groups is 1. The molecule has 0 aliphatic rings. The second-order valence-corrected chi connectivity index (χ2v) is 6.00. The molecule has 27 heavy (non-hydrogen) atoms. The third-order valence-corrected chi connectivity index (χ3v) is 3.74. The van der Waals surface area contributed by atoms with Crippen molar-refractivity contribution in [2.24, 2.45) is 21.6 Å². The molecule has 1 aromatic rings. The van der Waals surface area contributed by atoms with E-state index >= 15 is 0 Å². The van der Waals surface area contributed by atoms with Crippen LogP contribution in [0.3, 0.4) is 0 Å². The molecule has 1 heterocycles. The molecule has 152 valence electrons. The first-order valence-electron chi connectivity index (χ1n) is 8.52. The van der Waals surface area contributed by atoms with E-state index in [0.29, 0.717) is 17.7 Å². The number of aliphatic imine (C=N–C) groups is 1. The van der Waals surface area contributed by atoms with Crippen LogP contribution in [0.4, 0.5) is 11.9 Å². The van der Waals surface area contributed by atoms with Crippen molar-refractivity contribution in [1.82, 2.24) is 25.6 Å². The Hall–Kier alpha value is -2.38. The largest absolute Gasteiger partial charge is 0.367 e. The summed E-state index contributed by atoms with van der Waals surface area (Å²) in [6.45, 7) is 9.76. The van der Waals surface area contributed by atoms with E-state index in [0.717, 1.165) is 24.0 Å². The summed E-state index contributed by atoms with van der Waals surface area (Å²) in [5.41, 5.74) is 14.0. The minimum Gasteiger partial charge on any atom is -0.367 e. The van der Waals surface area contributed by atoms with Gasteiger partial charge in [-0.2, -0.15) is 19.9 Å². The molecule has 1 aromatic heterocycles. The summed E-state index contributed by atoms with van der Waals surface area (Å²) < 4.78 is 0. The maximum atomic E-state index is 5.95. The third kappa shape index (κ3) is 7.40. The second kappa shape index (κ2) is 12.1. The Labute approximate surface area is 163 Å². The summed E-state index contributed by atoms with van der Waals surface area (Å²) in [6.07, 6.45) is 0. The van der Waals surface area contributed by atoms with E-state index in [4.69, 9.17) is 21.1 Å².